The first-order valence-electron chi connectivity index (χ1n) is 12.2. The molecule has 8 nitrogen and oxygen atoms in total. The van der Waals surface area contributed by atoms with Gasteiger partial charge in [-0.15, -0.1) is 0 Å². The van der Waals surface area contributed by atoms with E-state index in [-0.39, 0.29) is 18.0 Å². The van der Waals surface area contributed by atoms with Crippen LogP contribution < -0.4 is 14.2 Å². The highest BCUT2D eigenvalue weighted by molar-refractivity contribution is 5.74. The van der Waals surface area contributed by atoms with Gasteiger partial charge in [0, 0.05) is 13.1 Å². The van der Waals surface area contributed by atoms with Gasteiger partial charge in [-0.2, -0.15) is 9.97 Å². The van der Waals surface area contributed by atoms with Crippen molar-refractivity contribution in [2.45, 2.75) is 45.4 Å². The van der Waals surface area contributed by atoms with Crippen LogP contribution in [0.15, 0.2) is 48.5 Å². The van der Waals surface area contributed by atoms with Crippen LogP contribution in [0.4, 0.5) is 0 Å². The number of benzene rings is 2. The minimum atomic E-state index is -0.800. The molecule has 8 heteroatoms. The molecule has 3 aromatic rings. The number of hydrogen-bond acceptors (Lipinski definition) is 7. The lowest BCUT2D eigenvalue weighted by molar-refractivity contribution is -0.142. The summed E-state index contributed by atoms with van der Waals surface area (Å²) in [7, 11) is 3.06. The third-order valence-electron chi connectivity index (χ3n) is 7.39. The summed E-state index contributed by atoms with van der Waals surface area (Å²) in [5, 5.41) is 9.76. The third-order valence-corrected chi connectivity index (χ3v) is 7.39. The van der Waals surface area contributed by atoms with Gasteiger partial charge in [-0.25, -0.2) is 0 Å². The number of carboxylic acids is 1. The van der Waals surface area contributed by atoms with E-state index in [0.29, 0.717) is 30.3 Å². The lowest BCUT2D eigenvalue weighted by atomic mass is 9.97. The van der Waals surface area contributed by atoms with Crippen molar-refractivity contribution in [2.24, 2.45) is 5.41 Å². The number of ether oxygens (including phenoxy) is 3. The smallest absolute Gasteiger partial charge is 0.323 e. The van der Waals surface area contributed by atoms with Crippen molar-refractivity contribution < 1.29 is 24.1 Å². The minimum Gasteiger partial charge on any atom is -0.481 e. The van der Waals surface area contributed by atoms with Crippen LogP contribution in [0.1, 0.15) is 36.0 Å². The van der Waals surface area contributed by atoms with Crippen LogP contribution in [0.3, 0.4) is 0 Å². The Morgan fingerprint density at radius 1 is 1.06 bits per heavy atom. The van der Waals surface area contributed by atoms with E-state index in [1.807, 2.05) is 35.2 Å². The predicted molar refractivity (Wildman–Crippen MR) is 134 cm³/mol. The molecule has 1 aromatic heterocycles. The molecule has 0 bridgehead atoms. The Bertz CT molecular complexity index is 1230. The molecule has 1 aliphatic heterocycles. The first-order valence-corrected chi connectivity index (χ1v) is 12.2. The van der Waals surface area contributed by atoms with E-state index >= 15 is 0 Å². The summed E-state index contributed by atoms with van der Waals surface area (Å²) >= 11 is 0. The highest BCUT2D eigenvalue weighted by Gasteiger charge is 2.54. The number of likely N-dealkylation sites (tertiary alicyclic amines) is 1. The van der Waals surface area contributed by atoms with Gasteiger partial charge in [0.1, 0.15) is 12.6 Å². The largest absolute Gasteiger partial charge is 0.481 e. The zero-order valence-corrected chi connectivity index (χ0v) is 20.9. The first kappa shape index (κ1) is 24.1. The summed E-state index contributed by atoms with van der Waals surface area (Å²) in [6.07, 6.45) is 2.84. The zero-order chi connectivity index (χ0) is 25.3. The molecule has 5 rings (SSSR count). The minimum absolute atomic E-state index is 0.138. The number of nitrogens with zero attached hydrogens (tertiary/aromatic N) is 3. The average molecular weight is 490 g/mol. The van der Waals surface area contributed by atoms with Gasteiger partial charge in [0.15, 0.2) is 0 Å². The van der Waals surface area contributed by atoms with E-state index in [4.69, 9.17) is 14.2 Å². The molecule has 1 aliphatic carbocycles. The first-order chi connectivity index (χ1) is 17.4. The van der Waals surface area contributed by atoms with Crippen LogP contribution >= 0.6 is 0 Å². The zero-order valence-electron chi connectivity index (χ0n) is 20.9. The van der Waals surface area contributed by atoms with Crippen molar-refractivity contribution in [3.05, 3.63) is 65.2 Å². The fourth-order valence-electron chi connectivity index (χ4n) is 5.17. The fraction of sp³-hybridized carbons (Fsp3) is 0.393. The molecule has 1 saturated heterocycles. The molecule has 1 N–H and O–H groups in total. The van der Waals surface area contributed by atoms with Gasteiger partial charge < -0.3 is 19.3 Å². The standard InChI is InChI=1S/C28H31N3O5/c1-18-20(10-7-11-21(18)19-8-5-4-6-9-19)16-36-27-29-24(34-2)22(25(30-27)35-3)15-31-17-28(12-13-28)14-23(31)26(32)33/h4-11,23H,12-17H2,1-3H3,(H,32,33). The third kappa shape index (κ3) is 4.73. The van der Waals surface area contributed by atoms with Gasteiger partial charge in [-0.3, -0.25) is 9.69 Å². The highest BCUT2D eigenvalue weighted by atomic mass is 16.5. The summed E-state index contributed by atoms with van der Waals surface area (Å²) in [5.74, 6) is -0.148. The van der Waals surface area contributed by atoms with E-state index in [2.05, 4.69) is 35.1 Å². The molecule has 1 unspecified atom stereocenters. The quantitative estimate of drug-likeness (QED) is 0.470. The van der Waals surface area contributed by atoms with E-state index < -0.39 is 12.0 Å². The van der Waals surface area contributed by atoms with Gasteiger partial charge in [0.25, 0.3) is 0 Å². The Morgan fingerprint density at radius 3 is 2.36 bits per heavy atom. The molecule has 1 spiro atoms. The Hall–Kier alpha value is -3.65. The second-order valence-corrected chi connectivity index (χ2v) is 9.71. The van der Waals surface area contributed by atoms with Gasteiger partial charge in [-0.1, -0.05) is 48.5 Å². The van der Waals surface area contributed by atoms with Crippen molar-refractivity contribution in [3.63, 3.8) is 0 Å². The predicted octanol–water partition coefficient (Wildman–Crippen LogP) is 4.49. The lowest BCUT2D eigenvalue weighted by Crippen LogP contribution is -2.35. The number of rotatable bonds is 9. The van der Waals surface area contributed by atoms with Crippen LogP contribution in [0.2, 0.25) is 0 Å². The number of carbonyl (C=O) groups is 1. The molecule has 2 fully saturated rings. The molecule has 36 heavy (non-hydrogen) atoms. The van der Waals surface area contributed by atoms with Gasteiger partial charge in [0.05, 0.1) is 19.8 Å². The molecule has 2 heterocycles. The van der Waals surface area contributed by atoms with E-state index in [1.54, 1.807) is 0 Å². The Kier molecular flexibility index (Phi) is 6.53. The second kappa shape index (κ2) is 9.78. The van der Waals surface area contributed by atoms with Gasteiger partial charge in [0.2, 0.25) is 11.8 Å². The summed E-state index contributed by atoms with van der Waals surface area (Å²) in [6, 6.07) is 16.0. The number of carboxylic acid groups (broad SMARTS) is 1. The SMILES string of the molecule is COc1nc(OCc2cccc(-c3ccccc3)c2C)nc(OC)c1CN1CC2(CC2)CC1C(=O)O. The average Bonchev–Trinajstić information content (AvgIpc) is 3.55. The molecule has 188 valence electrons. The van der Waals surface area contributed by atoms with E-state index in [1.165, 1.54) is 14.2 Å². The molecule has 0 radical (unpaired) electrons. The number of aliphatic carboxylic acids is 1. The maximum Gasteiger partial charge on any atom is 0.323 e. The van der Waals surface area contributed by atoms with Crippen molar-refractivity contribution in [3.8, 4) is 28.9 Å². The number of hydrogen-bond donors (Lipinski definition) is 1. The molecular weight excluding hydrogens is 458 g/mol. The number of methoxy groups -OCH3 is 2. The maximum absolute atomic E-state index is 11.9. The lowest BCUT2D eigenvalue weighted by Gasteiger charge is -2.23. The normalized spacial score (nSPS) is 18.2. The maximum atomic E-state index is 11.9. The van der Waals surface area contributed by atoms with Crippen LogP contribution in [-0.2, 0) is 17.9 Å². The highest BCUT2D eigenvalue weighted by Crippen LogP contribution is 2.55. The van der Waals surface area contributed by atoms with E-state index in [9.17, 15) is 9.90 Å². The Morgan fingerprint density at radius 2 is 1.75 bits per heavy atom. The van der Waals surface area contributed by atoms with Gasteiger partial charge >= 0.3 is 12.0 Å². The Labute approximate surface area is 210 Å². The molecule has 1 saturated carbocycles. The van der Waals surface area contributed by atoms with Gasteiger partial charge in [-0.05, 0) is 53.9 Å². The van der Waals surface area contributed by atoms with Crippen molar-refractivity contribution in [1.29, 1.82) is 0 Å². The monoisotopic (exact) mass is 489 g/mol. The fourth-order valence-corrected chi connectivity index (χ4v) is 5.17. The second-order valence-electron chi connectivity index (χ2n) is 9.71. The van der Waals surface area contributed by atoms with Crippen LogP contribution in [-0.4, -0.2) is 52.7 Å². The topological polar surface area (TPSA) is 94.0 Å². The van der Waals surface area contributed by atoms with Crippen LogP contribution in [0.5, 0.6) is 17.8 Å². The Balaban J connectivity index is 1.36. The molecule has 1 atom stereocenters. The van der Waals surface area contributed by atoms with Crippen molar-refractivity contribution in [2.75, 3.05) is 20.8 Å². The molecule has 2 aromatic carbocycles. The van der Waals surface area contributed by atoms with Crippen molar-refractivity contribution >= 4 is 5.97 Å². The number of aromatic nitrogens is 2. The summed E-state index contributed by atoms with van der Waals surface area (Å²) in [6.45, 7) is 3.44. The summed E-state index contributed by atoms with van der Waals surface area (Å²) < 4.78 is 17.1. The van der Waals surface area contributed by atoms with Crippen LogP contribution in [0, 0.1) is 12.3 Å². The van der Waals surface area contributed by atoms with Crippen LogP contribution in [0.25, 0.3) is 11.1 Å². The molecule has 2 aliphatic rings. The molecular formula is C28H31N3O5. The molecule has 0 amide bonds. The summed E-state index contributed by atoms with van der Waals surface area (Å²) in [5.41, 5.74) is 5.21. The summed E-state index contributed by atoms with van der Waals surface area (Å²) in [4.78, 5) is 22.8. The van der Waals surface area contributed by atoms with E-state index in [0.717, 1.165) is 41.6 Å². The van der Waals surface area contributed by atoms with Crippen molar-refractivity contribution in [1.82, 2.24) is 14.9 Å².